The van der Waals surface area contributed by atoms with Crippen LogP contribution in [0.2, 0.25) is 0 Å². The molecule has 0 amide bonds. The molecule has 1 N–H and O–H groups in total. The highest BCUT2D eigenvalue weighted by molar-refractivity contribution is 6.55. The Balaban J connectivity index is 2.77. The predicted octanol–water partition coefficient (Wildman–Crippen LogP) is 2.65. The number of imidazole rings is 1. The second-order valence-electron chi connectivity index (χ2n) is 2.86. The van der Waals surface area contributed by atoms with E-state index in [1.807, 2.05) is 6.92 Å². The second-order valence-corrected chi connectivity index (χ2v) is 3.86. The van der Waals surface area contributed by atoms with Crippen LogP contribution in [0.4, 0.5) is 0 Å². The van der Waals surface area contributed by atoms with Crippen LogP contribution in [0.15, 0.2) is 23.0 Å². The summed E-state index contributed by atoms with van der Waals surface area (Å²) in [5, 5.41) is 9.59. The highest BCUT2D eigenvalue weighted by atomic mass is 35.5. The molecule has 0 fully saturated rings. The average Bonchev–Trinajstić information content (AvgIpc) is 2.61. The van der Waals surface area contributed by atoms with E-state index >= 15 is 0 Å². The van der Waals surface area contributed by atoms with E-state index in [0.717, 1.165) is 0 Å². The van der Waals surface area contributed by atoms with Gasteiger partial charge in [0.15, 0.2) is 0 Å². The van der Waals surface area contributed by atoms with Crippen molar-refractivity contribution in [3.05, 3.63) is 28.8 Å². The van der Waals surface area contributed by atoms with Crippen LogP contribution in [0.25, 0.3) is 0 Å². The van der Waals surface area contributed by atoms with Gasteiger partial charge in [0, 0.05) is 18.9 Å². The predicted molar refractivity (Wildman–Crippen MR) is 57.3 cm³/mol. The number of aliphatic hydroxyl groups is 1. The maximum atomic E-state index is 9.59. The first-order chi connectivity index (χ1) is 6.65. The van der Waals surface area contributed by atoms with Crippen LogP contribution < -0.4 is 0 Å². The molecule has 0 aliphatic carbocycles. The van der Waals surface area contributed by atoms with Gasteiger partial charge < -0.3 is 9.67 Å². The topological polar surface area (TPSA) is 38.1 Å². The van der Waals surface area contributed by atoms with Crippen molar-refractivity contribution in [1.29, 1.82) is 0 Å². The monoisotopic (exact) mass is 234 g/mol. The van der Waals surface area contributed by atoms with Crippen molar-refractivity contribution in [2.45, 2.75) is 26.0 Å². The van der Waals surface area contributed by atoms with Crippen molar-refractivity contribution in [1.82, 2.24) is 9.55 Å². The first-order valence-electron chi connectivity index (χ1n) is 4.35. The fourth-order valence-corrected chi connectivity index (χ4v) is 1.26. The lowest BCUT2D eigenvalue weighted by Crippen LogP contribution is -2.06. The summed E-state index contributed by atoms with van der Waals surface area (Å²) >= 11 is 11.0. The zero-order chi connectivity index (χ0) is 10.6. The lowest BCUT2D eigenvalue weighted by atomic mass is 10.2. The normalized spacial score (nSPS) is 12.6. The van der Waals surface area contributed by atoms with Gasteiger partial charge in [-0.05, 0) is 12.5 Å². The standard InChI is InChI=1S/C9H12Cl2N2O/c1-2-7(14)9-12-4-6-13(9)5-3-8(10)11/h3-4,6-7,14H,2,5H2,1H3. The molecular weight excluding hydrogens is 223 g/mol. The Kier molecular flexibility index (Phi) is 4.45. The summed E-state index contributed by atoms with van der Waals surface area (Å²) in [5.74, 6) is 0.637. The minimum atomic E-state index is -0.535. The minimum Gasteiger partial charge on any atom is -0.385 e. The van der Waals surface area contributed by atoms with Gasteiger partial charge in [-0.25, -0.2) is 4.98 Å². The fourth-order valence-electron chi connectivity index (χ4n) is 1.12. The number of hydrogen-bond acceptors (Lipinski definition) is 2. The van der Waals surface area contributed by atoms with Gasteiger partial charge in [-0.2, -0.15) is 0 Å². The van der Waals surface area contributed by atoms with Crippen molar-refractivity contribution in [2.24, 2.45) is 0 Å². The molecule has 0 bridgehead atoms. The van der Waals surface area contributed by atoms with Gasteiger partial charge in [0.1, 0.15) is 16.4 Å². The quantitative estimate of drug-likeness (QED) is 0.871. The molecule has 1 unspecified atom stereocenters. The van der Waals surface area contributed by atoms with Gasteiger partial charge in [0.25, 0.3) is 0 Å². The maximum absolute atomic E-state index is 9.59. The number of nitrogens with zero attached hydrogens (tertiary/aromatic N) is 2. The van der Waals surface area contributed by atoms with E-state index in [1.54, 1.807) is 23.0 Å². The Bertz CT molecular complexity index is 318. The number of rotatable bonds is 4. The van der Waals surface area contributed by atoms with E-state index in [9.17, 15) is 5.11 Å². The molecule has 1 aromatic heterocycles. The third-order valence-corrected chi connectivity index (χ3v) is 2.18. The van der Waals surface area contributed by atoms with E-state index < -0.39 is 6.10 Å². The Labute approximate surface area is 93.0 Å². The number of aliphatic hydroxyl groups excluding tert-OH is 1. The van der Waals surface area contributed by atoms with Gasteiger partial charge in [0.2, 0.25) is 0 Å². The zero-order valence-electron chi connectivity index (χ0n) is 7.82. The summed E-state index contributed by atoms with van der Waals surface area (Å²) in [5.41, 5.74) is 0. The number of hydrogen-bond donors (Lipinski definition) is 1. The van der Waals surface area contributed by atoms with Crippen LogP contribution in [0.5, 0.6) is 0 Å². The van der Waals surface area contributed by atoms with Crippen LogP contribution in [0, 0.1) is 0 Å². The molecule has 0 aliphatic heterocycles. The highest BCUT2D eigenvalue weighted by Gasteiger charge is 2.10. The summed E-state index contributed by atoms with van der Waals surface area (Å²) in [6, 6.07) is 0. The van der Waals surface area contributed by atoms with Crippen LogP contribution in [-0.4, -0.2) is 14.7 Å². The van der Waals surface area contributed by atoms with Crippen molar-refractivity contribution in [3.8, 4) is 0 Å². The molecule has 78 valence electrons. The number of allylic oxidation sites excluding steroid dienone is 1. The smallest absolute Gasteiger partial charge is 0.137 e. The number of aromatic nitrogens is 2. The molecule has 0 radical (unpaired) electrons. The van der Waals surface area contributed by atoms with Crippen LogP contribution >= 0.6 is 23.2 Å². The Morgan fingerprint density at radius 2 is 2.43 bits per heavy atom. The molecule has 1 heterocycles. The van der Waals surface area contributed by atoms with Crippen molar-refractivity contribution in [3.63, 3.8) is 0 Å². The lowest BCUT2D eigenvalue weighted by Gasteiger charge is -2.09. The van der Waals surface area contributed by atoms with Crippen molar-refractivity contribution >= 4 is 23.2 Å². The first kappa shape index (κ1) is 11.6. The summed E-state index contributed by atoms with van der Waals surface area (Å²) in [6.07, 6.45) is 5.17. The third-order valence-electron chi connectivity index (χ3n) is 1.87. The third kappa shape index (κ3) is 3.01. The molecule has 1 rings (SSSR count). The molecular formula is C9H12Cl2N2O. The fraction of sp³-hybridized carbons (Fsp3) is 0.444. The largest absolute Gasteiger partial charge is 0.385 e. The summed E-state index contributed by atoms with van der Waals surface area (Å²) in [7, 11) is 0. The Morgan fingerprint density at radius 3 is 3.00 bits per heavy atom. The van der Waals surface area contributed by atoms with Crippen LogP contribution in [0.1, 0.15) is 25.3 Å². The van der Waals surface area contributed by atoms with Gasteiger partial charge in [0.05, 0.1) is 0 Å². The summed E-state index contributed by atoms with van der Waals surface area (Å²) in [6.45, 7) is 2.42. The highest BCUT2D eigenvalue weighted by Crippen LogP contribution is 2.15. The molecule has 0 saturated heterocycles. The van der Waals surface area contributed by atoms with Gasteiger partial charge in [-0.3, -0.25) is 0 Å². The molecule has 0 aliphatic rings. The Morgan fingerprint density at radius 1 is 1.71 bits per heavy atom. The van der Waals surface area contributed by atoms with E-state index in [4.69, 9.17) is 23.2 Å². The van der Waals surface area contributed by atoms with E-state index in [2.05, 4.69) is 4.98 Å². The first-order valence-corrected chi connectivity index (χ1v) is 5.11. The molecule has 0 saturated carbocycles. The second kappa shape index (κ2) is 5.39. The van der Waals surface area contributed by atoms with E-state index in [1.165, 1.54) is 0 Å². The molecule has 1 aromatic rings. The summed E-state index contributed by atoms with van der Waals surface area (Å²) < 4.78 is 2.02. The van der Waals surface area contributed by atoms with E-state index in [0.29, 0.717) is 18.8 Å². The molecule has 14 heavy (non-hydrogen) atoms. The molecule has 3 nitrogen and oxygen atoms in total. The van der Waals surface area contributed by atoms with Crippen molar-refractivity contribution in [2.75, 3.05) is 0 Å². The van der Waals surface area contributed by atoms with Gasteiger partial charge in [-0.1, -0.05) is 30.1 Å². The van der Waals surface area contributed by atoms with Gasteiger partial charge >= 0.3 is 0 Å². The molecule has 5 heteroatoms. The zero-order valence-corrected chi connectivity index (χ0v) is 9.33. The molecule has 0 aromatic carbocycles. The van der Waals surface area contributed by atoms with Gasteiger partial charge in [-0.15, -0.1) is 0 Å². The maximum Gasteiger partial charge on any atom is 0.137 e. The van der Waals surface area contributed by atoms with Crippen LogP contribution in [0.3, 0.4) is 0 Å². The Hall–Kier alpha value is -0.510. The number of halogens is 2. The minimum absolute atomic E-state index is 0.218. The molecule has 1 atom stereocenters. The average molecular weight is 235 g/mol. The van der Waals surface area contributed by atoms with E-state index in [-0.39, 0.29) is 4.49 Å². The van der Waals surface area contributed by atoms with Crippen LogP contribution in [-0.2, 0) is 6.54 Å². The lowest BCUT2D eigenvalue weighted by molar-refractivity contribution is 0.159. The SMILES string of the molecule is CCC(O)c1nccn1CC=C(Cl)Cl. The van der Waals surface area contributed by atoms with Crippen molar-refractivity contribution < 1.29 is 5.11 Å². The molecule has 0 spiro atoms. The summed E-state index contributed by atoms with van der Waals surface area (Å²) in [4.78, 5) is 4.06.